The fourth-order valence-corrected chi connectivity index (χ4v) is 2.86. The van der Waals surface area contributed by atoms with Gasteiger partial charge < -0.3 is 5.32 Å². The number of aromatic nitrogens is 3. The molecule has 0 unspecified atom stereocenters. The fraction of sp³-hybridized carbons (Fsp3) is 0.200. The van der Waals surface area contributed by atoms with Crippen LogP contribution in [0.1, 0.15) is 19.5 Å². The molecule has 1 N–H and O–H groups in total. The molecule has 4 heteroatoms. The van der Waals surface area contributed by atoms with Crippen molar-refractivity contribution in [2.24, 2.45) is 0 Å². The summed E-state index contributed by atoms with van der Waals surface area (Å²) in [5.74, 6) is 0.939. The highest BCUT2D eigenvalue weighted by atomic mass is 15.3. The summed E-state index contributed by atoms with van der Waals surface area (Å²) >= 11 is 0. The van der Waals surface area contributed by atoms with Crippen LogP contribution in [-0.2, 0) is 0 Å². The van der Waals surface area contributed by atoms with Crippen molar-refractivity contribution in [1.82, 2.24) is 14.6 Å². The van der Waals surface area contributed by atoms with Crippen LogP contribution in [0.2, 0.25) is 0 Å². The predicted octanol–water partition coefficient (Wildman–Crippen LogP) is 4.93. The maximum atomic E-state index is 4.74. The van der Waals surface area contributed by atoms with Crippen molar-refractivity contribution in [1.29, 1.82) is 0 Å². The van der Waals surface area contributed by atoms with Gasteiger partial charge in [0.2, 0.25) is 0 Å². The fourth-order valence-electron chi connectivity index (χ4n) is 2.86. The highest BCUT2D eigenvalue weighted by molar-refractivity contribution is 5.96. The Labute approximate surface area is 142 Å². The Bertz CT molecular complexity index is 980. The van der Waals surface area contributed by atoms with Crippen LogP contribution in [0.25, 0.3) is 27.7 Å². The second kappa shape index (κ2) is 6.71. The monoisotopic (exact) mass is 318 g/mol. The van der Waals surface area contributed by atoms with Crippen molar-refractivity contribution >= 4 is 22.2 Å². The van der Waals surface area contributed by atoms with Crippen LogP contribution in [0.4, 0.5) is 5.82 Å². The molecule has 0 saturated carbocycles. The number of hydrogen-bond donors (Lipinski definition) is 1. The van der Waals surface area contributed by atoms with Gasteiger partial charge in [0.05, 0.1) is 5.69 Å². The summed E-state index contributed by atoms with van der Waals surface area (Å²) in [6.45, 7) is 5.99. The molecule has 24 heavy (non-hydrogen) atoms. The molecule has 2 aromatic heterocycles. The maximum Gasteiger partial charge on any atom is 0.158 e. The van der Waals surface area contributed by atoms with Crippen LogP contribution in [0.15, 0.2) is 54.6 Å². The third kappa shape index (κ3) is 2.71. The Morgan fingerprint density at radius 3 is 2.50 bits per heavy atom. The number of aryl methyl sites for hydroxylation is 1. The smallest absolute Gasteiger partial charge is 0.158 e. The summed E-state index contributed by atoms with van der Waals surface area (Å²) < 4.78 is 1.85. The van der Waals surface area contributed by atoms with Gasteiger partial charge >= 0.3 is 0 Å². The number of nitrogens with zero attached hydrogens (tertiary/aromatic N) is 3. The van der Waals surface area contributed by atoms with Gasteiger partial charge in [0.1, 0.15) is 5.82 Å². The summed E-state index contributed by atoms with van der Waals surface area (Å²) in [4.78, 5) is 4.57. The largest absolute Gasteiger partial charge is 0.373 e. The summed E-state index contributed by atoms with van der Waals surface area (Å²) in [5, 5.41) is 10.3. The summed E-state index contributed by atoms with van der Waals surface area (Å²) in [5.41, 5.74) is 3.89. The summed E-state index contributed by atoms with van der Waals surface area (Å²) in [7, 11) is 1.90. The number of fused-ring (bicyclic) bond motifs is 2. The number of hydrogen-bond acceptors (Lipinski definition) is 3. The van der Waals surface area contributed by atoms with Crippen LogP contribution in [-0.4, -0.2) is 21.6 Å². The lowest BCUT2D eigenvalue weighted by Gasteiger charge is -2.04. The molecule has 0 atom stereocenters. The van der Waals surface area contributed by atoms with E-state index in [1.165, 1.54) is 10.8 Å². The van der Waals surface area contributed by atoms with Gasteiger partial charge in [0.25, 0.3) is 0 Å². The first-order chi connectivity index (χ1) is 11.8. The molecule has 4 aromatic rings. The molecule has 0 amide bonds. The molecule has 2 aromatic carbocycles. The Balaban J connectivity index is 0.000000815. The van der Waals surface area contributed by atoms with Crippen molar-refractivity contribution in [2.45, 2.75) is 20.8 Å². The Morgan fingerprint density at radius 2 is 1.71 bits per heavy atom. The van der Waals surface area contributed by atoms with E-state index in [0.29, 0.717) is 0 Å². The van der Waals surface area contributed by atoms with Gasteiger partial charge in [-0.2, -0.15) is 9.61 Å². The number of nitrogens with one attached hydrogen (secondary N) is 1. The lowest BCUT2D eigenvalue weighted by Crippen LogP contribution is -2.01. The summed E-state index contributed by atoms with van der Waals surface area (Å²) in [6, 6.07) is 18.7. The zero-order valence-electron chi connectivity index (χ0n) is 14.5. The van der Waals surface area contributed by atoms with Gasteiger partial charge in [-0.3, -0.25) is 0 Å². The SMILES string of the molecule is CC.CNc1cc(C)nc2cc(-c3cccc4ccccc34)nn12. The van der Waals surface area contributed by atoms with E-state index in [0.717, 1.165) is 28.4 Å². The molecule has 0 aliphatic heterocycles. The van der Waals surface area contributed by atoms with Crippen LogP contribution in [0, 0.1) is 6.92 Å². The van der Waals surface area contributed by atoms with Gasteiger partial charge in [0.15, 0.2) is 5.65 Å². The van der Waals surface area contributed by atoms with Crippen molar-refractivity contribution in [3.05, 3.63) is 60.3 Å². The number of benzene rings is 2. The lowest BCUT2D eigenvalue weighted by molar-refractivity contribution is 0.938. The molecular formula is C20H22N4. The van der Waals surface area contributed by atoms with E-state index in [4.69, 9.17) is 5.10 Å². The van der Waals surface area contributed by atoms with E-state index >= 15 is 0 Å². The zero-order chi connectivity index (χ0) is 17.1. The van der Waals surface area contributed by atoms with Crippen LogP contribution >= 0.6 is 0 Å². The minimum atomic E-state index is 0.854. The highest BCUT2D eigenvalue weighted by Gasteiger charge is 2.11. The first kappa shape index (κ1) is 16.0. The second-order valence-electron chi connectivity index (χ2n) is 5.36. The molecule has 0 fully saturated rings. The normalized spacial score (nSPS) is 10.5. The van der Waals surface area contributed by atoms with Gasteiger partial charge in [-0.1, -0.05) is 56.3 Å². The molecule has 4 nitrogen and oxygen atoms in total. The molecule has 0 saturated heterocycles. The molecular weight excluding hydrogens is 296 g/mol. The van der Waals surface area contributed by atoms with Crippen molar-refractivity contribution < 1.29 is 0 Å². The minimum Gasteiger partial charge on any atom is -0.373 e. The van der Waals surface area contributed by atoms with Crippen molar-refractivity contribution in [3.63, 3.8) is 0 Å². The van der Waals surface area contributed by atoms with E-state index in [9.17, 15) is 0 Å². The molecule has 122 valence electrons. The Morgan fingerprint density at radius 1 is 0.958 bits per heavy atom. The van der Waals surface area contributed by atoms with Crippen molar-refractivity contribution in [3.8, 4) is 11.3 Å². The maximum absolute atomic E-state index is 4.74. The first-order valence-electron chi connectivity index (χ1n) is 8.29. The van der Waals surface area contributed by atoms with Crippen LogP contribution in [0.3, 0.4) is 0 Å². The van der Waals surface area contributed by atoms with E-state index in [1.54, 1.807) is 0 Å². The first-order valence-corrected chi connectivity index (χ1v) is 8.29. The van der Waals surface area contributed by atoms with E-state index in [1.807, 2.05) is 44.5 Å². The third-order valence-corrected chi connectivity index (χ3v) is 3.88. The van der Waals surface area contributed by atoms with Gasteiger partial charge in [-0.25, -0.2) is 4.98 Å². The summed E-state index contributed by atoms with van der Waals surface area (Å²) in [6.07, 6.45) is 0. The van der Waals surface area contributed by atoms with Crippen molar-refractivity contribution in [2.75, 3.05) is 12.4 Å². The van der Waals surface area contributed by atoms with Gasteiger partial charge in [-0.05, 0) is 17.7 Å². The molecule has 0 bridgehead atoms. The number of rotatable bonds is 2. The zero-order valence-corrected chi connectivity index (χ0v) is 14.5. The second-order valence-corrected chi connectivity index (χ2v) is 5.36. The Kier molecular flexibility index (Phi) is 4.47. The molecule has 0 radical (unpaired) electrons. The van der Waals surface area contributed by atoms with E-state index < -0.39 is 0 Å². The highest BCUT2D eigenvalue weighted by Crippen LogP contribution is 2.28. The molecule has 2 heterocycles. The predicted molar refractivity (Wildman–Crippen MR) is 102 cm³/mol. The third-order valence-electron chi connectivity index (χ3n) is 3.88. The molecule has 0 spiro atoms. The van der Waals surface area contributed by atoms with Gasteiger partial charge in [-0.15, -0.1) is 0 Å². The van der Waals surface area contributed by atoms with E-state index in [-0.39, 0.29) is 0 Å². The van der Waals surface area contributed by atoms with E-state index in [2.05, 4.69) is 52.8 Å². The molecule has 0 aliphatic rings. The minimum absolute atomic E-state index is 0.854. The Hall–Kier alpha value is -2.88. The van der Waals surface area contributed by atoms with Crippen LogP contribution < -0.4 is 5.32 Å². The molecule has 0 aliphatic carbocycles. The topological polar surface area (TPSA) is 42.2 Å². The number of anilines is 1. The average molecular weight is 318 g/mol. The van der Waals surface area contributed by atoms with Crippen LogP contribution in [0.5, 0.6) is 0 Å². The standard InChI is InChI=1S/C18H16N4.C2H6/c1-12-10-17(19-2)22-18(20-12)11-16(21-22)15-9-5-7-13-6-3-4-8-14(13)15;1-2/h3-11,19H,1-2H3;1-2H3. The average Bonchev–Trinajstić information content (AvgIpc) is 3.05. The lowest BCUT2D eigenvalue weighted by atomic mass is 10.0. The quantitative estimate of drug-likeness (QED) is 0.570. The van der Waals surface area contributed by atoms with Gasteiger partial charge in [0, 0.05) is 30.4 Å². The molecule has 4 rings (SSSR count).